The van der Waals surface area contributed by atoms with Gasteiger partial charge in [-0.2, -0.15) is 0 Å². The molecule has 1 saturated carbocycles. The van der Waals surface area contributed by atoms with Crippen molar-refractivity contribution in [1.29, 1.82) is 0 Å². The van der Waals surface area contributed by atoms with Crippen molar-refractivity contribution in [2.45, 2.75) is 38.1 Å². The SMILES string of the molecule is Cc1cccc(C2CC(NCC3CCOC3)C2)c1. The van der Waals surface area contributed by atoms with E-state index in [1.54, 1.807) is 0 Å². The van der Waals surface area contributed by atoms with Crippen LogP contribution in [0, 0.1) is 12.8 Å². The van der Waals surface area contributed by atoms with Crippen LogP contribution in [0.1, 0.15) is 36.3 Å². The minimum Gasteiger partial charge on any atom is -0.381 e. The van der Waals surface area contributed by atoms with Crippen LogP contribution in [0.15, 0.2) is 24.3 Å². The van der Waals surface area contributed by atoms with Crippen LogP contribution >= 0.6 is 0 Å². The highest BCUT2D eigenvalue weighted by Gasteiger charge is 2.30. The monoisotopic (exact) mass is 245 g/mol. The van der Waals surface area contributed by atoms with E-state index in [1.807, 2.05) is 0 Å². The van der Waals surface area contributed by atoms with Gasteiger partial charge in [-0.3, -0.25) is 0 Å². The van der Waals surface area contributed by atoms with E-state index in [0.29, 0.717) is 0 Å². The standard InChI is InChI=1S/C16H23NO/c1-12-3-2-4-14(7-12)15-8-16(9-15)17-10-13-5-6-18-11-13/h2-4,7,13,15-17H,5-6,8-11H2,1H3. The van der Waals surface area contributed by atoms with Crippen molar-refractivity contribution in [1.82, 2.24) is 5.32 Å². The van der Waals surface area contributed by atoms with Crippen LogP contribution in [-0.4, -0.2) is 25.8 Å². The molecule has 3 rings (SSSR count). The Balaban J connectivity index is 1.42. The van der Waals surface area contributed by atoms with Gasteiger partial charge in [0.2, 0.25) is 0 Å². The second-order valence-electron chi connectivity index (χ2n) is 5.92. The molecule has 18 heavy (non-hydrogen) atoms. The van der Waals surface area contributed by atoms with E-state index in [4.69, 9.17) is 4.74 Å². The van der Waals surface area contributed by atoms with Crippen molar-refractivity contribution in [2.24, 2.45) is 5.92 Å². The molecule has 2 heteroatoms. The Morgan fingerprint density at radius 2 is 2.22 bits per heavy atom. The molecule has 1 aromatic carbocycles. The lowest BCUT2D eigenvalue weighted by molar-refractivity contribution is 0.182. The first kappa shape index (κ1) is 12.2. The maximum absolute atomic E-state index is 5.40. The van der Waals surface area contributed by atoms with Crippen LogP contribution in [0.2, 0.25) is 0 Å². The molecular weight excluding hydrogens is 222 g/mol. The summed E-state index contributed by atoms with van der Waals surface area (Å²) in [6.07, 6.45) is 3.84. The lowest BCUT2D eigenvalue weighted by Gasteiger charge is -2.37. The molecule has 2 fully saturated rings. The molecule has 0 radical (unpaired) electrons. The Morgan fingerprint density at radius 3 is 2.94 bits per heavy atom. The van der Waals surface area contributed by atoms with Crippen LogP contribution in [0.25, 0.3) is 0 Å². The number of nitrogens with one attached hydrogen (secondary N) is 1. The van der Waals surface area contributed by atoms with Gasteiger partial charge in [0.05, 0.1) is 6.61 Å². The minimum atomic E-state index is 0.733. The Kier molecular flexibility index (Phi) is 3.67. The number of hydrogen-bond acceptors (Lipinski definition) is 2. The number of aryl methyl sites for hydroxylation is 1. The molecule has 0 spiro atoms. The fourth-order valence-electron chi connectivity index (χ4n) is 3.06. The van der Waals surface area contributed by atoms with E-state index in [0.717, 1.165) is 37.6 Å². The van der Waals surface area contributed by atoms with Crippen molar-refractivity contribution in [3.8, 4) is 0 Å². The number of hydrogen-bond donors (Lipinski definition) is 1. The van der Waals surface area contributed by atoms with Crippen molar-refractivity contribution in [2.75, 3.05) is 19.8 Å². The van der Waals surface area contributed by atoms with Crippen molar-refractivity contribution in [3.05, 3.63) is 35.4 Å². The molecule has 2 aliphatic rings. The zero-order chi connectivity index (χ0) is 12.4. The minimum absolute atomic E-state index is 0.733. The summed E-state index contributed by atoms with van der Waals surface area (Å²) in [4.78, 5) is 0. The van der Waals surface area contributed by atoms with Crippen molar-refractivity contribution < 1.29 is 4.74 Å². The summed E-state index contributed by atoms with van der Waals surface area (Å²) in [5.41, 5.74) is 2.91. The zero-order valence-corrected chi connectivity index (χ0v) is 11.2. The summed E-state index contributed by atoms with van der Waals surface area (Å²) >= 11 is 0. The third-order valence-corrected chi connectivity index (χ3v) is 4.37. The Labute approximate surface area is 110 Å². The maximum atomic E-state index is 5.40. The third-order valence-electron chi connectivity index (χ3n) is 4.37. The molecule has 98 valence electrons. The van der Waals surface area contributed by atoms with E-state index in [1.165, 1.54) is 30.4 Å². The van der Waals surface area contributed by atoms with Gasteiger partial charge in [0, 0.05) is 19.2 Å². The van der Waals surface area contributed by atoms with Gasteiger partial charge in [0.15, 0.2) is 0 Å². The van der Waals surface area contributed by atoms with Gasteiger partial charge >= 0.3 is 0 Å². The van der Waals surface area contributed by atoms with Gasteiger partial charge in [-0.25, -0.2) is 0 Å². The molecule has 1 N–H and O–H groups in total. The Morgan fingerprint density at radius 1 is 1.33 bits per heavy atom. The molecule has 1 heterocycles. The molecule has 0 aromatic heterocycles. The highest BCUT2D eigenvalue weighted by Crippen LogP contribution is 2.37. The Hall–Kier alpha value is -0.860. The third kappa shape index (κ3) is 2.76. The number of rotatable bonds is 4. The molecular formula is C16H23NO. The Bertz CT molecular complexity index is 392. The highest BCUT2D eigenvalue weighted by molar-refractivity contribution is 5.27. The summed E-state index contributed by atoms with van der Waals surface area (Å²) in [5, 5.41) is 3.70. The second kappa shape index (κ2) is 5.41. The van der Waals surface area contributed by atoms with Gasteiger partial charge in [-0.15, -0.1) is 0 Å². The first-order chi connectivity index (χ1) is 8.81. The average molecular weight is 245 g/mol. The first-order valence-corrected chi connectivity index (χ1v) is 7.19. The largest absolute Gasteiger partial charge is 0.381 e. The number of benzene rings is 1. The molecule has 2 nitrogen and oxygen atoms in total. The van der Waals surface area contributed by atoms with Crippen LogP contribution in [0.3, 0.4) is 0 Å². The summed E-state index contributed by atoms with van der Waals surface area (Å²) in [6, 6.07) is 9.71. The predicted molar refractivity (Wildman–Crippen MR) is 73.9 cm³/mol. The molecule has 0 bridgehead atoms. The van der Waals surface area contributed by atoms with Gasteiger partial charge in [0.1, 0.15) is 0 Å². The van der Waals surface area contributed by atoms with Crippen LogP contribution in [-0.2, 0) is 4.74 Å². The van der Waals surface area contributed by atoms with Gasteiger partial charge < -0.3 is 10.1 Å². The van der Waals surface area contributed by atoms with Gasteiger partial charge in [-0.05, 0) is 43.6 Å². The summed E-state index contributed by atoms with van der Waals surface area (Å²) in [5.74, 6) is 1.53. The first-order valence-electron chi connectivity index (χ1n) is 7.19. The van der Waals surface area contributed by atoms with Crippen molar-refractivity contribution >= 4 is 0 Å². The summed E-state index contributed by atoms with van der Waals surface area (Å²) < 4.78 is 5.40. The molecule has 1 saturated heterocycles. The van der Waals surface area contributed by atoms with E-state index in [-0.39, 0.29) is 0 Å². The normalized spacial score (nSPS) is 31.3. The number of ether oxygens (including phenoxy) is 1. The van der Waals surface area contributed by atoms with Crippen molar-refractivity contribution in [3.63, 3.8) is 0 Å². The summed E-state index contributed by atoms with van der Waals surface area (Å²) in [7, 11) is 0. The molecule has 1 aliphatic heterocycles. The second-order valence-corrected chi connectivity index (χ2v) is 5.92. The molecule has 1 unspecified atom stereocenters. The van der Waals surface area contributed by atoms with Gasteiger partial charge in [0.25, 0.3) is 0 Å². The summed E-state index contributed by atoms with van der Waals surface area (Å²) in [6.45, 7) is 5.24. The average Bonchev–Trinajstić information content (AvgIpc) is 2.80. The molecule has 0 amide bonds. The molecule has 1 aromatic rings. The van der Waals surface area contributed by atoms with E-state index in [2.05, 4.69) is 36.5 Å². The van der Waals surface area contributed by atoms with E-state index >= 15 is 0 Å². The predicted octanol–water partition coefficient (Wildman–Crippen LogP) is 2.87. The highest BCUT2D eigenvalue weighted by atomic mass is 16.5. The van der Waals surface area contributed by atoms with E-state index < -0.39 is 0 Å². The maximum Gasteiger partial charge on any atom is 0.0507 e. The fraction of sp³-hybridized carbons (Fsp3) is 0.625. The molecule has 1 atom stereocenters. The van der Waals surface area contributed by atoms with Gasteiger partial charge in [-0.1, -0.05) is 29.8 Å². The quantitative estimate of drug-likeness (QED) is 0.880. The van der Waals surface area contributed by atoms with Crippen LogP contribution in [0.4, 0.5) is 0 Å². The zero-order valence-electron chi connectivity index (χ0n) is 11.2. The van der Waals surface area contributed by atoms with E-state index in [9.17, 15) is 0 Å². The smallest absolute Gasteiger partial charge is 0.0507 e. The lowest BCUT2D eigenvalue weighted by atomic mass is 9.75. The van der Waals surface area contributed by atoms with Crippen LogP contribution < -0.4 is 5.32 Å². The molecule has 1 aliphatic carbocycles. The topological polar surface area (TPSA) is 21.3 Å². The van der Waals surface area contributed by atoms with Crippen LogP contribution in [0.5, 0.6) is 0 Å². The fourth-order valence-corrected chi connectivity index (χ4v) is 3.06. The lowest BCUT2D eigenvalue weighted by Crippen LogP contribution is -2.42.